The van der Waals surface area contributed by atoms with Crippen LogP contribution in [0, 0.1) is 23.7 Å². The van der Waals surface area contributed by atoms with Crippen molar-refractivity contribution in [3.63, 3.8) is 0 Å². The zero-order valence-corrected chi connectivity index (χ0v) is 35.5. The van der Waals surface area contributed by atoms with Gasteiger partial charge in [0.2, 0.25) is 0 Å². The number of hydrogen-bond acceptors (Lipinski definition) is 11. The van der Waals surface area contributed by atoms with Crippen molar-refractivity contribution in [3.8, 4) is 33.8 Å². The maximum Gasteiger partial charge on any atom is 0.313 e. The molecular weight excluding hydrogens is 769 g/mol. The van der Waals surface area contributed by atoms with Gasteiger partial charge in [-0.3, -0.25) is 9.59 Å². The summed E-state index contributed by atoms with van der Waals surface area (Å²) in [6.07, 6.45) is 6.27. The fourth-order valence-electron chi connectivity index (χ4n) is 7.05. The summed E-state index contributed by atoms with van der Waals surface area (Å²) < 4.78 is 35.0. The van der Waals surface area contributed by atoms with Crippen LogP contribution in [-0.2, 0) is 14.3 Å². The first kappa shape index (κ1) is 41.2. The SMILES string of the molecule is CC(C)CC(C(=O)O)c1ccc(OCC2CC2)c(-c2ccc3nsnc3c2)c1.CCOC(=O)C(CC(C)C)c1ccc(OCC2CC2)c(-c2ccc3nsnc3c2)c1. The molecule has 58 heavy (non-hydrogen) atoms. The molecule has 0 bridgehead atoms. The van der Waals surface area contributed by atoms with Crippen LogP contribution in [-0.4, -0.2) is 54.4 Å². The van der Waals surface area contributed by atoms with E-state index < -0.39 is 11.9 Å². The summed E-state index contributed by atoms with van der Waals surface area (Å²) in [5.41, 5.74) is 9.16. The molecule has 12 heteroatoms. The van der Waals surface area contributed by atoms with Crippen LogP contribution < -0.4 is 9.47 Å². The van der Waals surface area contributed by atoms with Gasteiger partial charge in [0.05, 0.1) is 55.1 Å². The van der Waals surface area contributed by atoms with Crippen LogP contribution in [0.1, 0.15) is 96.1 Å². The maximum absolute atomic E-state index is 12.7. The molecular formula is C46H52N4O6S2. The van der Waals surface area contributed by atoms with Crippen LogP contribution in [0.4, 0.5) is 0 Å². The van der Waals surface area contributed by atoms with E-state index in [9.17, 15) is 14.7 Å². The van der Waals surface area contributed by atoms with Crippen molar-refractivity contribution in [1.82, 2.24) is 17.5 Å². The Morgan fingerprint density at radius 1 is 0.638 bits per heavy atom. The molecule has 6 aromatic rings. The highest BCUT2D eigenvalue weighted by atomic mass is 32.1. The molecule has 0 spiro atoms. The second-order valence-corrected chi connectivity index (χ2v) is 17.5. The number of aliphatic carboxylic acids is 1. The molecule has 10 nitrogen and oxygen atoms in total. The molecule has 0 saturated heterocycles. The van der Waals surface area contributed by atoms with E-state index in [1.54, 1.807) is 0 Å². The quantitative estimate of drug-likeness (QED) is 0.0886. The lowest BCUT2D eigenvalue weighted by atomic mass is 9.88. The minimum atomic E-state index is -0.787. The van der Waals surface area contributed by atoms with Crippen LogP contribution in [0.2, 0.25) is 0 Å². The average molecular weight is 821 g/mol. The third kappa shape index (κ3) is 10.6. The van der Waals surface area contributed by atoms with Gasteiger partial charge in [0.25, 0.3) is 0 Å². The zero-order chi connectivity index (χ0) is 40.8. The van der Waals surface area contributed by atoms with Crippen molar-refractivity contribution < 1.29 is 28.9 Å². The van der Waals surface area contributed by atoms with Crippen molar-refractivity contribution in [2.75, 3.05) is 19.8 Å². The van der Waals surface area contributed by atoms with Crippen molar-refractivity contribution in [2.45, 2.75) is 85.0 Å². The van der Waals surface area contributed by atoms with Gasteiger partial charge < -0.3 is 19.3 Å². The lowest BCUT2D eigenvalue weighted by Crippen LogP contribution is -2.18. The number of hydrogen-bond donors (Lipinski definition) is 1. The monoisotopic (exact) mass is 820 g/mol. The summed E-state index contributed by atoms with van der Waals surface area (Å²) in [6, 6.07) is 23.9. The number of fused-ring (bicyclic) bond motifs is 2. The number of carbonyl (C=O) groups is 2. The maximum atomic E-state index is 12.7. The minimum Gasteiger partial charge on any atom is -0.493 e. The Kier molecular flexibility index (Phi) is 13.3. The van der Waals surface area contributed by atoms with Gasteiger partial charge in [-0.15, -0.1) is 0 Å². The first-order chi connectivity index (χ1) is 28.1. The van der Waals surface area contributed by atoms with E-state index in [1.807, 2.05) is 81.4 Å². The van der Waals surface area contributed by atoms with Crippen LogP contribution in [0.5, 0.6) is 11.5 Å². The summed E-state index contributed by atoms with van der Waals surface area (Å²) >= 11 is 2.41. The molecule has 2 atom stereocenters. The Labute approximate surface area is 348 Å². The topological polar surface area (TPSA) is 134 Å². The fourth-order valence-corrected chi connectivity index (χ4v) is 8.08. The molecule has 8 rings (SSSR count). The van der Waals surface area contributed by atoms with E-state index in [4.69, 9.17) is 14.2 Å². The summed E-state index contributed by atoms with van der Waals surface area (Å²) in [7, 11) is 0. The lowest BCUT2D eigenvalue weighted by molar-refractivity contribution is -0.145. The van der Waals surface area contributed by atoms with Crippen molar-refractivity contribution in [2.24, 2.45) is 23.7 Å². The van der Waals surface area contributed by atoms with Gasteiger partial charge in [-0.25, -0.2) is 0 Å². The predicted octanol–water partition coefficient (Wildman–Crippen LogP) is 11.2. The highest BCUT2D eigenvalue weighted by Gasteiger charge is 2.27. The first-order valence-electron chi connectivity index (χ1n) is 20.4. The zero-order valence-electron chi connectivity index (χ0n) is 33.9. The predicted molar refractivity (Wildman–Crippen MR) is 231 cm³/mol. The average Bonchev–Trinajstić information content (AvgIpc) is 4.13. The third-order valence-corrected chi connectivity index (χ3v) is 11.7. The summed E-state index contributed by atoms with van der Waals surface area (Å²) in [5, 5.41) is 9.76. The normalized spacial score (nSPS) is 14.9. The molecule has 2 aromatic heterocycles. The molecule has 2 fully saturated rings. The minimum absolute atomic E-state index is 0.164. The Balaban J connectivity index is 0.000000177. The van der Waals surface area contributed by atoms with E-state index in [-0.39, 0.29) is 11.9 Å². The van der Waals surface area contributed by atoms with Crippen molar-refractivity contribution >= 4 is 57.5 Å². The van der Waals surface area contributed by atoms with Gasteiger partial charge in [-0.05, 0) is 140 Å². The summed E-state index contributed by atoms with van der Waals surface area (Å²) in [5.74, 6) is 1.87. The molecule has 2 saturated carbocycles. The molecule has 1 N–H and O–H groups in total. The second-order valence-electron chi connectivity index (χ2n) is 16.4. The van der Waals surface area contributed by atoms with Crippen LogP contribution >= 0.6 is 23.5 Å². The van der Waals surface area contributed by atoms with Crippen LogP contribution in [0.15, 0.2) is 72.8 Å². The van der Waals surface area contributed by atoms with Gasteiger partial charge in [0.1, 0.15) is 33.6 Å². The standard InChI is InChI=1S/C24H28N2O3S.C22H24N2O3S/c1-4-28-24(27)20(11-15(2)3)17-8-10-23(29-14-16-5-6-16)19(12-17)18-7-9-21-22(13-18)26-30-25-21;1-13(2)9-18(22(25)26)15-6-8-21(27-12-14-3-4-14)17(10-15)16-5-7-19-20(11-16)24-28-23-19/h7-10,12-13,15-16,20H,4-6,11,14H2,1-3H3;5-8,10-11,13-14,18H,3-4,9,12H2,1-2H3,(H,25,26). The highest BCUT2D eigenvalue weighted by molar-refractivity contribution is 7.00. The van der Waals surface area contributed by atoms with Gasteiger partial charge in [-0.1, -0.05) is 52.0 Å². The van der Waals surface area contributed by atoms with Gasteiger partial charge in [0, 0.05) is 11.1 Å². The number of benzene rings is 4. The molecule has 304 valence electrons. The third-order valence-electron chi connectivity index (χ3n) is 10.6. The molecule has 4 aromatic carbocycles. The number of carboxylic acids is 1. The number of carboxylic acid groups (broad SMARTS) is 1. The number of rotatable bonds is 17. The molecule has 0 amide bonds. The van der Waals surface area contributed by atoms with E-state index in [2.05, 4.69) is 43.5 Å². The molecule has 2 aliphatic carbocycles. The van der Waals surface area contributed by atoms with Crippen molar-refractivity contribution in [3.05, 3.63) is 83.9 Å². The first-order valence-corrected chi connectivity index (χ1v) is 21.9. The summed E-state index contributed by atoms with van der Waals surface area (Å²) in [6.45, 7) is 12.0. The molecule has 2 heterocycles. The number of carbonyl (C=O) groups excluding carboxylic acids is 1. The summed E-state index contributed by atoms with van der Waals surface area (Å²) in [4.78, 5) is 24.6. The number of nitrogens with zero attached hydrogens (tertiary/aromatic N) is 4. The number of ether oxygens (including phenoxy) is 3. The Bertz CT molecular complexity index is 2350. The molecule has 0 radical (unpaired) electrons. The highest BCUT2D eigenvalue weighted by Crippen LogP contribution is 2.40. The van der Waals surface area contributed by atoms with Gasteiger partial charge in [0.15, 0.2) is 0 Å². The van der Waals surface area contributed by atoms with Crippen molar-refractivity contribution in [1.29, 1.82) is 0 Å². The second kappa shape index (κ2) is 18.8. The van der Waals surface area contributed by atoms with Gasteiger partial charge >= 0.3 is 11.9 Å². The number of esters is 1. The molecule has 2 aliphatic rings. The van der Waals surface area contributed by atoms with Gasteiger partial charge in [-0.2, -0.15) is 17.5 Å². The van der Waals surface area contributed by atoms with Crippen LogP contribution in [0.3, 0.4) is 0 Å². The molecule has 2 unspecified atom stereocenters. The Morgan fingerprint density at radius 3 is 1.52 bits per heavy atom. The lowest BCUT2D eigenvalue weighted by Gasteiger charge is -2.20. The van der Waals surface area contributed by atoms with E-state index in [1.165, 1.54) is 49.1 Å². The van der Waals surface area contributed by atoms with Crippen LogP contribution in [0.25, 0.3) is 44.3 Å². The largest absolute Gasteiger partial charge is 0.493 e. The Morgan fingerprint density at radius 2 is 1.09 bits per heavy atom. The Hall–Kier alpha value is -4.94. The van der Waals surface area contributed by atoms with E-state index >= 15 is 0 Å². The smallest absolute Gasteiger partial charge is 0.313 e. The van der Waals surface area contributed by atoms with E-state index in [0.29, 0.717) is 43.3 Å². The number of aromatic nitrogens is 4. The fraction of sp³-hybridized carbons (Fsp3) is 0.435. The van der Waals surface area contributed by atoms with E-state index in [0.717, 1.165) is 80.0 Å². The molecule has 0 aliphatic heterocycles.